The van der Waals surface area contributed by atoms with E-state index in [1.54, 1.807) is 19.1 Å². The summed E-state index contributed by atoms with van der Waals surface area (Å²) in [6, 6.07) is 6.24. The first kappa shape index (κ1) is 18.1. The first-order valence-corrected chi connectivity index (χ1v) is 10.2. The van der Waals surface area contributed by atoms with E-state index in [2.05, 4.69) is 6.58 Å². The number of hydrogen-bond acceptors (Lipinski definition) is 5. The van der Waals surface area contributed by atoms with Crippen LogP contribution in [-0.2, 0) is 13.8 Å². The molecule has 0 fully saturated rings. The second-order valence-corrected chi connectivity index (χ2v) is 8.82. The molecule has 2 atom stereocenters. The van der Waals surface area contributed by atoms with E-state index >= 15 is 0 Å². The predicted molar refractivity (Wildman–Crippen MR) is 91.2 cm³/mol. The molecule has 0 saturated heterocycles. The van der Waals surface area contributed by atoms with Crippen LogP contribution in [0.1, 0.15) is 28.1 Å². The number of carbonyl (C=O) groups is 1. The van der Waals surface area contributed by atoms with E-state index in [1.165, 1.54) is 29.5 Å². The number of rotatable bonds is 7. The van der Waals surface area contributed by atoms with Crippen molar-refractivity contribution in [2.45, 2.75) is 12.8 Å². The van der Waals surface area contributed by atoms with E-state index in [-0.39, 0.29) is 18.8 Å². The van der Waals surface area contributed by atoms with Crippen molar-refractivity contribution in [1.29, 1.82) is 0 Å². The summed E-state index contributed by atoms with van der Waals surface area (Å²) in [6.07, 6.45) is 1.47. The fourth-order valence-corrected chi connectivity index (χ4v) is 4.50. The summed E-state index contributed by atoms with van der Waals surface area (Å²) < 4.78 is 36.9. The van der Waals surface area contributed by atoms with Crippen molar-refractivity contribution >= 4 is 45.4 Å². The van der Waals surface area contributed by atoms with Crippen molar-refractivity contribution in [3.05, 3.63) is 47.4 Å². The Morgan fingerprint density at radius 1 is 1.52 bits per heavy atom. The van der Waals surface area contributed by atoms with Crippen LogP contribution in [0, 0.1) is 0 Å². The zero-order valence-electron chi connectivity index (χ0n) is 12.3. The van der Waals surface area contributed by atoms with Gasteiger partial charge in [-0.2, -0.15) is 0 Å². The molecule has 0 radical (unpaired) electrons. The number of esters is 1. The number of thiophene rings is 1. The Morgan fingerprint density at radius 3 is 2.91 bits per heavy atom. The van der Waals surface area contributed by atoms with E-state index in [4.69, 9.17) is 20.5 Å². The summed E-state index contributed by atoms with van der Waals surface area (Å²) in [5.41, 5.74) is 0.146. The van der Waals surface area contributed by atoms with Gasteiger partial charge < -0.3 is 9.26 Å². The van der Waals surface area contributed by atoms with E-state index in [0.717, 1.165) is 4.70 Å². The molecule has 0 aliphatic heterocycles. The highest BCUT2D eigenvalue weighted by Gasteiger charge is 2.33. The largest absolute Gasteiger partial charge is 0.457 e. The molecule has 4 nitrogen and oxygen atoms in total. The molecule has 0 aliphatic rings. The van der Waals surface area contributed by atoms with E-state index < -0.39 is 18.6 Å². The van der Waals surface area contributed by atoms with Crippen molar-refractivity contribution in [1.82, 2.24) is 0 Å². The van der Waals surface area contributed by atoms with Crippen LogP contribution in [0.3, 0.4) is 0 Å². The predicted octanol–water partition coefficient (Wildman–Crippen LogP) is 5.68. The van der Waals surface area contributed by atoms with Crippen LogP contribution in [0.15, 0.2) is 36.9 Å². The molecule has 0 aliphatic carbocycles. The second kappa shape index (κ2) is 7.58. The van der Waals surface area contributed by atoms with Crippen molar-refractivity contribution in [3.8, 4) is 0 Å². The monoisotopic (exact) mass is 376 g/mol. The fraction of sp³-hybridized carbons (Fsp3) is 0.267. The Kier molecular flexibility index (Phi) is 5.98. The SMILES string of the molecule is C=CCOC(=O)c1cc2cc(C(F)P(=O)(Cl)OCC)ccc2s1. The molecule has 0 saturated carbocycles. The van der Waals surface area contributed by atoms with E-state index in [0.29, 0.717) is 10.3 Å². The minimum atomic E-state index is -3.90. The number of halogens is 2. The maximum Gasteiger partial charge on any atom is 0.348 e. The lowest BCUT2D eigenvalue weighted by Crippen LogP contribution is -2.02. The molecule has 1 aromatic carbocycles. The summed E-state index contributed by atoms with van der Waals surface area (Å²) in [6.45, 7) is 1.33. The van der Waals surface area contributed by atoms with Crippen molar-refractivity contribution in [2.75, 3.05) is 13.2 Å². The third-order valence-corrected chi connectivity index (χ3v) is 6.28. The standard InChI is InChI=1S/C15H15ClFO4PS/c1-3-7-20-15(18)13-9-11-8-10(5-6-12(11)23-13)14(17)22(16,19)21-4-2/h3,5-6,8-9,14H,1,4,7H2,2H3. The van der Waals surface area contributed by atoms with Crippen LogP contribution in [0.4, 0.5) is 4.39 Å². The Bertz CT molecular complexity index is 776. The van der Waals surface area contributed by atoms with Crippen LogP contribution < -0.4 is 0 Å². The van der Waals surface area contributed by atoms with Gasteiger partial charge in [-0.05, 0) is 47.3 Å². The molecular weight excluding hydrogens is 362 g/mol. The molecular formula is C15H15ClFO4PS. The highest BCUT2D eigenvalue weighted by Crippen LogP contribution is 2.65. The maximum absolute atomic E-state index is 14.3. The van der Waals surface area contributed by atoms with Gasteiger partial charge in [0.1, 0.15) is 11.5 Å². The molecule has 1 heterocycles. The lowest BCUT2D eigenvalue weighted by atomic mass is 10.2. The van der Waals surface area contributed by atoms with Gasteiger partial charge in [-0.25, -0.2) is 9.18 Å². The molecule has 2 rings (SSSR count). The molecule has 124 valence electrons. The zero-order chi connectivity index (χ0) is 17.0. The molecule has 0 spiro atoms. The van der Waals surface area contributed by atoms with Crippen LogP contribution >= 0.6 is 29.3 Å². The van der Waals surface area contributed by atoms with Gasteiger partial charge in [-0.15, -0.1) is 11.3 Å². The third kappa shape index (κ3) is 4.21. The van der Waals surface area contributed by atoms with Crippen LogP contribution in [-0.4, -0.2) is 19.2 Å². The van der Waals surface area contributed by atoms with Gasteiger partial charge in [0.25, 0.3) is 0 Å². The first-order valence-electron chi connectivity index (χ1n) is 6.78. The summed E-state index contributed by atoms with van der Waals surface area (Å²) in [7, 11) is 0. The Hall–Kier alpha value is -1.20. The normalized spacial score (nSPS) is 15.1. The van der Waals surface area contributed by atoms with Crippen LogP contribution in [0.25, 0.3) is 10.1 Å². The molecule has 1 aromatic heterocycles. The van der Waals surface area contributed by atoms with Gasteiger partial charge in [-0.3, -0.25) is 4.57 Å². The summed E-state index contributed by atoms with van der Waals surface area (Å²) in [5.74, 6) is -2.40. The van der Waals surface area contributed by atoms with Gasteiger partial charge in [0.05, 0.1) is 6.61 Å². The van der Waals surface area contributed by atoms with Crippen LogP contribution in [0.5, 0.6) is 0 Å². The molecule has 2 aromatic rings. The lowest BCUT2D eigenvalue weighted by Gasteiger charge is -2.15. The molecule has 23 heavy (non-hydrogen) atoms. The average Bonchev–Trinajstić information content (AvgIpc) is 2.94. The van der Waals surface area contributed by atoms with Gasteiger partial charge in [0.15, 0.2) is 0 Å². The Balaban J connectivity index is 2.30. The summed E-state index contributed by atoms with van der Waals surface area (Å²) >= 11 is 6.89. The first-order chi connectivity index (χ1) is 10.9. The van der Waals surface area contributed by atoms with Gasteiger partial charge >= 0.3 is 12.7 Å². The highest BCUT2D eigenvalue weighted by molar-refractivity contribution is 7.85. The smallest absolute Gasteiger partial charge is 0.348 e. The fourth-order valence-electron chi connectivity index (χ4n) is 1.94. The minimum Gasteiger partial charge on any atom is -0.457 e. The topological polar surface area (TPSA) is 52.6 Å². The summed E-state index contributed by atoms with van der Waals surface area (Å²) in [4.78, 5) is 12.2. The van der Waals surface area contributed by atoms with E-state index in [1.807, 2.05) is 0 Å². The third-order valence-electron chi connectivity index (χ3n) is 2.92. The van der Waals surface area contributed by atoms with Crippen molar-refractivity contribution in [2.24, 2.45) is 0 Å². The number of ether oxygens (including phenoxy) is 1. The zero-order valence-corrected chi connectivity index (χ0v) is 14.8. The second-order valence-electron chi connectivity index (χ2n) is 4.57. The van der Waals surface area contributed by atoms with E-state index in [9.17, 15) is 13.8 Å². The lowest BCUT2D eigenvalue weighted by molar-refractivity contribution is 0.0555. The van der Waals surface area contributed by atoms with Crippen LogP contribution in [0.2, 0.25) is 0 Å². The highest BCUT2D eigenvalue weighted by atomic mass is 35.7. The Morgan fingerprint density at radius 2 is 2.26 bits per heavy atom. The molecule has 0 bridgehead atoms. The molecule has 0 amide bonds. The Labute approximate surface area is 142 Å². The minimum absolute atomic E-state index is 0.0567. The summed E-state index contributed by atoms with van der Waals surface area (Å²) in [5, 5.41) is 0.647. The van der Waals surface area contributed by atoms with Crippen molar-refractivity contribution in [3.63, 3.8) is 0 Å². The van der Waals surface area contributed by atoms with Gasteiger partial charge in [0, 0.05) is 4.70 Å². The number of fused-ring (bicyclic) bond motifs is 1. The van der Waals surface area contributed by atoms with Crippen molar-refractivity contribution < 1.29 is 23.0 Å². The van der Waals surface area contributed by atoms with Gasteiger partial charge in [-0.1, -0.05) is 18.7 Å². The molecule has 2 unspecified atom stereocenters. The quantitative estimate of drug-likeness (QED) is 0.354. The number of hydrogen-bond donors (Lipinski definition) is 0. The molecule has 0 N–H and O–H groups in total. The average molecular weight is 377 g/mol. The molecule has 8 heteroatoms. The number of carbonyl (C=O) groups excluding carboxylic acids is 1. The number of alkyl halides is 1. The number of benzene rings is 1. The van der Waals surface area contributed by atoms with Gasteiger partial charge in [0.2, 0.25) is 5.91 Å². The maximum atomic E-state index is 14.3.